The Hall–Kier alpha value is -2.27. The van der Waals surface area contributed by atoms with Crippen molar-refractivity contribution in [3.8, 4) is 22.9 Å². The molecule has 1 aromatic carbocycles. The van der Waals surface area contributed by atoms with E-state index in [2.05, 4.69) is 10.1 Å². The minimum atomic E-state index is -0.0421. The van der Waals surface area contributed by atoms with Crippen LogP contribution in [0.3, 0.4) is 0 Å². The number of nitrogens with zero attached hydrogens (tertiary/aromatic N) is 3. The Bertz CT molecular complexity index is 797. The number of benzene rings is 1. The predicted molar refractivity (Wildman–Crippen MR) is 81.0 cm³/mol. The number of hydrogen-bond acceptors (Lipinski definition) is 4. The molecule has 0 aliphatic heterocycles. The van der Waals surface area contributed by atoms with Gasteiger partial charge in [-0.25, -0.2) is 4.98 Å². The highest BCUT2D eigenvalue weighted by atomic mass is 35.5. The van der Waals surface area contributed by atoms with Gasteiger partial charge >= 0.3 is 0 Å². The zero-order valence-electron chi connectivity index (χ0n) is 11.7. The monoisotopic (exact) mass is 303 g/mol. The van der Waals surface area contributed by atoms with Gasteiger partial charge in [0.15, 0.2) is 5.65 Å². The van der Waals surface area contributed by atoms with Crippen LogP contribution in [-0.2, 0) is 0 Å². The van der Waals surface area contributed by atoms with E-state index in [9.17, 15) is 5.11 Å². The summed E-state index contributed by atoms with van der Waals surface area (Å²) in [6, 6.07) is 9.15. The zero-order chi connectivity index (χ0) is 15.0. The van der Waals surface area contributed by atoms with E-state index in [-0.39, 0.29) is 5.88 Å². The lowest BCUT2D eigenvalue weighted by Gasteiger charge is -2.08. The Morgan fingerprint density at radius 2 is 2.00 bits per heavy atom. The van der Waals surface area contributed by atoms with Crippen LogP contribution in [0.25, 0.3) is 16.9 Å². The summed E-state index contributed by atoms with van der Waals surface area (Å²) in [6.45, 7) is 4.10. The fourth-order valence-electron chi connectivity index (χ4n) is 2.16. The molecule has 0 amide bonds. The number of ether oxygens (including phenoxy) is 1. The third kappa shape index (κ3) is 2.40. The molecule has 0 aliphatic rings. The molecule has 3 rings (SSSR count). The third-order valence-corrected chi connectivity index (χ3v) is 3.39. The molecule has 0 bridgehead atoms. The summed E-state index contributed by atoms with van der Waals surface area (Å²) in [5.74, 6) is 0.315. The normalized spacial score (nSPS) is 11.0. The fraction of sp³-hybridized carbons (Fsp3) is 0.200. The molecule has 0 aliphatic carbocycles. The van der Waals surface area contributed by atoms with Crippen LogP contribution in [0, 0.1) is 6.92 Å². The quantitative estimate of drug-likeness (QED) is 0.805. The van der Waals surface area contributed by atoms with Crippen molar-refractivity contribution in [3.05, 3.63) is 41.0 Å². The van der Waals surface area contributed by atoms with Crippen molar-refractivity contribution in [3.63, 3.8) is 0 Å². The number of halogens is 1. The molecule has 3 aromatic rings. The standard InChI is InChI=1S/C15H14ClN3O2/c1-3-21-14-9(2)17-13-8-12(18-19(13)15(14)20)10-4-6-11(16)7-5-10/h4-8,20H,3H2,1-2H3. The van der Waals surface area contributed by atoms with Crippen LogP contribution in [0.4, 0.5) is 0 Å². The average molecular weight is 304 g/mol. The van der Waals surface area contributed by atoms with Gasteiger partial charge in [-0.2, -0.15) is 9.61 Å². The lowest BCUT2D eigenvalue weighted by atomic mass is 10.2. The van der Waals surface area contributed by atoms with Gasteiger partial charge < -0.3 is 9.84 Å². The van der Waals surface area contributed by atoms with Gasteiger partial charge in [0, 0.05) is 16.7 Å². The van der Waals surface area contributed by atoms with E-state index in [1.807, 2.05) is 25.1 Å². The highest BCUT2D eigenvalue weighted by Crippen LogP contribution is 2.31. The van der Waals surface area contributed by atoms with Crippen molar-refractivity contribution < 1.29 is 9.84 Å². The molecule has 1 N–H and O–H groups in total. The summed E-state index contributed by atoms with van der Waals surface area (Å²) in [5, 5.41) is 15.3. The van der Waals surface area contributed by atoms with Gasteiger partial charge in [0.1, 0.15) is 0 Å². The smallest absolute Gasteiger partial charge is 0.259 e. The van der Waals surface area contributed by atoms with Crippen molar-refractivity contribution in [2.24, 2.45) is 0 Å². The van der Waals surface area contributed by atoms with Crippen LogP contribution in [0.2, 0.25) is 5.02 Å². The van der Waals surface area contributed by atoms with E-state index >= 15 is 0 Å². The molecule has 0 saturated carbocycles. The van der Waals surface area contributed by atoms with E-state index in [1.165, 1.54) is 4.52 Å². The second-order valence-corrected chi connectivity index (χ2v) is 5.03. The van der Waals surface area contributed by atoms with Crippen LogP contribution >= 0.6 is 11.6 Å². The van der Waals surface area contributed by atoms with Crippen molar-refractivity contribution in [2.45, 2.75) is 13.8 Å². The molecule has 6 heteroatoms. The molecule has 0 saturated heterocycles. The van der Waals surface area contributed by atoms with E-state index in [1.54, 1.807) is 19.1 Å². The molecular formula is C15H14ClN3O2. The Labute approximate surface area is 126 Å². The van der Waals surface area contributed by atoms with Crippen LogP contribution in [0.1, 0.15) is 12.6 Å². The summed E-state index contributed by atoms with van der Waals surface area (Å²) < 4.78 is 6.79. The number of aryl methyl sites for hydroxylation is 1. The highest BCUT2D eigenvalue weighted by Gasteiger charge is 2.16. The van der Waals surface area contributed by atoms with E-state index in [0.717, 1.165) is 5.56 Å². The Balaban J connectivity index is 2.16. The largest absolute Gasteiger partial charge is 0.491 e. The van der Waals surface area contributed by atoms with Gasteiger partial charge in [0.2, 0.25) is 5.75 Å². The maximum atomic E-state index is 10.3. The number of aromatic hydroxyl groups is 1. The first-order chi connectivity index (χ1) is 10.1. The van der Waals surface area contributed by atoms with Gasteiger partial charge in [-0.15, -0.1) is 0 Å². The van der Waals surface area contributed by atoms with Crippen molar-refractivity contribution in [2.75, 3.05) is 6.61 Å². The average Bonchev–Trinajstić information content (AvgIpc) is 2.88. The Morgan fingerprint density at radius 3 is 2.67 bits per heavy atom. The molecule has 5 nitrogen and oxygen atoms in total. The minimum Gasteiger partial charge on any atom is -0.491 e. The second-order valence-electron chi connectivity index (χ2n) is 4.59. The lowest BCUT2D eigenvalue weighted by molar-refractivity contribution is 0.304. The fourth-order valence-corrected chi connectivity index (χ4v) is 2.29. The summed E-state index contributed by atoms with van der Waals surface area (Å²) in [5.41, 5.74) is 2.81. The lowest BCUT2D eigenvalue weighted by Crippen LogP contribution is -2.01. The van der Waals surface area contributed by atoms with Gasteiger partial charge in [-0.1, -0.05) is 23.7 Å². The van der Waals surface area contributed by atoms with Crippen molar-refractivity contribution in [1.82, 2.24) is 14.6 Å². The van der Waals surface area contributed by atoms with Crippen LogP contribution in [-0.4, -0.2) is 26.3 Å². The van der Waals surface area contributed by atoms with E-state index < -0.39 is 0 Å². The number of hydrogen-bond donors (Lipinski definition) is 1. The molecule has 2 aromatic heterocycles. The van der Waals surface area contributed by atoms with Gasteiger partial charge in [-0.05, 0) is 26.0 Å². The number of rotatable bonds is 3. The second kappa shape index (κ2) is 5.26. The van der Waals surface area contributed by atoms with Crippen LogP contribution in [0.15, 0.2) is 30.3 Å². The predicted octanol–water partition coefficient (Wildman–Crippen LogP) is 3.46. The summed E-state index contributed by atoms with van der Waals surface area (Å²) >= 11 is 5.88. The SMILES string of the molecule is CCOc1c(C)nc2cc(-c3ccc(Cl)cc3)nn2c1O. The number of fused-ring (bicyclic) bond motifs is 1. The van der Waals surface area contributed by atoms with E-state index in [4.69, 9.17) is 16.3 Å². The van der Waals surface area contributed by atoms with Crippen LogP contribution in [0.5, 0.6) is 11.6 Å². The molecule has 108 valence electrons. The van der Waals surface area contributed by atoms with E-state index in [0.29, 0.717) is 34.4 Å². The molecule has 2 heterocycles. The molecule has 0 fully saturated rings. The molecular weight excluding hydrogens is 290 g/mol. The third-order valence-electron chi connectivity index (χ3n) is 3.13. The number of aromatic nitrogens is 3. The molecule has 0 radical (unpaired) electrons. The Morgan fingerprint density at radius 1 is 1.29 bits per heavy atom. The summed E-state index contributed by atoms with van der Waals surface area (Å²) in [4.78, 5) is 4.41. The van der Waals surface area contributed by atoms with Crippen molar-refractivity contribution >= 4 is 17.2 Å². The van der Waals surface area contributed by atoms with Crippen molar-refractivity contribution in [1.29, 1.82) is 0 Å². The van der Waals surface area contributed by atoms with Gasteiger partial charge in [-0.3, -0.25) is 0 Å². The molecule has 21 heavy (non-hydrogen) atoms. The topological polar surface area (TPSA) is 59.7 Å². The zero-order valence-corrected chi connectivity index (χ0v) is 12.4. The first kappa shape index (κ1) is 13.7. The maximum absolute atomic E-state index is 10.3. The van der Waals surface area contributed by atoms with Crippen LogP contribution < -0.4 is 4.74 Å². The van der Waals surface area contributed by atoms with Gasteiger partial charge in [0.05, 0.1) is 18.0 Å². The first-order valence-electron chi connectivity index (χ1n) is 6.58. The highest BCUT2D eigenvalue weighted by molar-refractivity contribution is 6.30. The first-order valence-corrected chi connectivity index (χ1v) is 6.96. The minimum absolute atomic E-state index is 0.0421. The Kier molecular flexibility index (Phi) is 3.43. The van der Waals surface area contributed by atoms with Gasteiger partial charge in [0.25, 0.3) is 5.88 Å². The molecule has 0 atom stereocenters. The molecule has 0 unspecified atom stereocenters. The molecule has 0 spiro atoms. The maximum Gasteiger partial charge on any atom is 0.259 e. The summed E-state index contributed by atoms with van der Waals surface area (Å²) in [6.07, 6.45) is 0. The summed E-state index contributed by atoms with van der Waals surface area (Å²) in [7, 11) is 0.